The van der Waals surface area contributed by atoms with Gasteiger partial charge in [-0.1, -0.05) is 18.1 Å². The number of halogens is 3. The molecule has 0 radical (unpaired) electrons. The Labute approximate surface area is 127 Å². The van der Waals surface area contributed by atoms with Crippen LogP contribution in [-0.2, 0) is 4.79 Å². The third-order valence-corrected chi connectivity index (χ3v) is 2.90. The number of aliphatic carboxylic acids is 1. The Bertz CT molecular complexity index is 534. The summed E-state index contributed by atoms with van der Waals surface area (Å²) in [4.78, 5) is 10.8. The fourth-order valence-electron chi connectivity index (χ4n) is 1.82. The van der Waals surface area contributed by atoms with Crippen LogP contribution in [0.5, 0.6) is 5.75 Å². The van der Waals surface area contributed by atoms with Gasteiger partial charge in [0.2, 0.25) is 0 Å². The van der Waals surface area contributed by atoms with Crippen molar-refractivity contribution in [2.24, 2.45) is 0 Å². The summed E-state index contributed by atoms with van der Waals surface area (Å²) in [5.74, 6) is 4.04. The molecule has 0 saturated carbocycles. The van der Waals surface area contributed by atoms with Gasteiger partial charge in [-0.2, -0.15) is 4.39 Å². The Balaban J connectivity index is 2.75. The van der Waals surface area contributed by atoms with Gasteiger partial charge in [-0.05, 0) is 24.6 Å². The van der Waals surface area contributed by atoms with Crippen LogP contribution in [0.3, 0.4) is 0 Å². The van der Waals surface area contributed by atoms with Gasteiger partial charge in [-0.25, -0.2) is 4.39 Å². The maximum absolute atomic E-state index is 13.4. The standard InChI is InChI=1S/C16H17F3O3/c1-2-3-12(10-15(20)21)11-4-6-13(7-5-11)22-16(19)14(18)8-9-17/h4-7,12,14,16H,8-10H2,1H3,(H,20,21)/t12-,14?,16?/m0/s1. The van der Waals surface area contributed by atoms with Crippen LogP contribution in [0.1, 0.15) is 31.2 Å². The molecule has 1 aromatic rings. The number of carboxylic acid groups (broad SMARTS) is 1. The van der Waals surface area contributed by atoms with Crippen LogP contribution in [0.15, 0.2) is 24.3 Å². The summed E-state index contributed by atoms with van der Waals surface area (Å²) in [6, 6.07) is 5.89. The maximum atomic E-state index is 13.4. The zero-order valence-corrected chi connectivity index (χ0v) is 12.1. The van der Waals surface area contributed by atoms with E-state index in [1.807, 2.05) is 0 Å². The van der Waals surface area contributed by atoms with E-state index in [2.05, 4.69) is 11.8 Å². The molecule has 0 heterocycles. The van der Waals surface area contributed by atoms with Crippen molar-refractivity contribution in [3.8, 4) is 17.6 Å². The first kappa shape index (κ1) is 17.9. The lowest BCUT2D eigenvalue weighted by Gasteiger charge is -2.15. The average molecular weight is 314 g/mol. The summed E-state index contributed by atoms with van der Waals surface area (Å²) < 4.78 is 43.1. The minimum atomic E-state index is -2.24. The van der Waals surface area contributed by atoms with E-state index in [1.165, 1.54) is 12.1 Å². The number of benzene rings is 1. The molecule has 0 aromatic heterocycles. The molecule has 0 bridgehead atoms. The number of hydrogen-bond acceptors (Lipinski definition) is 2. The molecule has 0 amide bonds. The highest BCUT2D eigenvalue weighted by molar-refractivity contribution is 5.69. The summed E-state index contributed by atoms with van der Waals surface area (Å²) >= 11 is 0. The Morgan fingerprint density at radius 2 is 1.95 bits per heavy atom. The molecule has 1 aromatic carbocycles. The van der Waals surface area contributed by atoms with Gasteiger partial charge in [0.1, 0.15) is 5.75 Å². The average Bonchev–Trinajstić information content (AvgIpc) is 2.47. The first-order chi connectivity index (χ1) is 10.5. The number of hydrogen-bond donors (Lipinski definition) is 1. The lowest BCUT2D eigenvalue weighted by atomic mass is 9.96. The van der Waals surface area contributed by atoms with Gasteiger partial charge in [0, 0.05) is 6.42 Å². The van der Waals surface area contributed by atoms with Crippen LogP contribution in [0, 0.1) is 11.8 Å². The topological polar surface area (TPSA) is 46.5 Å². The van der Waals surface area contributed by atoms with Crippen LogP contribution < -0.4 is 4.74 Å². The van der Waals surface area contributed by atoms with Crippen molar-refractivity contribution in [3.63, 3.8) is 0 Å². The van der Waals surface area contributed by atoms with Crippen LogP contribution >= 0.6 is 0 Å². The van der Waals surface area contributed by atoms with Crippen molar-refractivity contribution in [1.82, 2.24) is 0 Å². The third kappa shape index (κ3) is 5.68. The van der Waals surface area contributed by atoms with Crippen LogP contribution in [0.2, 0.25) is 0 Å². The van der Waals surface area contributed by atoms with Gasteiger partial charge < -0.3 is 9.84 Å². The number of ether oxygens (including phenoxy) is 1. The van der Waals surface area contributed by atoms with Crippen molar-refractivity contribution in [2.75, 3.05) is 6.67 Å². The summed E-state index contributed by atoms with van der Waals surface area (Å²) in [7, 11) is 0. The van der Waals surface area contributed by atoms with Gasteiger partial charge in [-0.15, -0.1) is 5.92 Å². The largest absolute Gasteiger partial charge is 0.481 e. The molecule has 22 heavy (non-hydrogen) atoms. The van der Waals surface area contributed by atoms with Gasteiger partial charge in [0.15, 0.2) is 6.17 Å². The molecular formula is C16H17F3O3. The van der Waals surface area contributed by atoms with E-state index in [4.69, 9.17) is 9.84 Å². The molecule has 0 spiro atoms. The van der Waals surface area contributed by atoms with E-state index in [0.29, 0.717) is 5.56 Å². The second-order valence-electron chi connectivity index (χ2n) is 4.58. The fourth-order valence-corrected chi connectivity index (χ4v) is 1.82. The smallest absolute Gasteiger partial charge is 0.304 e. The Morgan fingerprint density at radius 1 is 1.32 bits per heavy atom. The van der Waals surface area contributed by atoms with Crippen LogP contribution in [0.25, 0.3) is 0 Å². The lowest BCUT2D eigenvalue weighted by molar-refractivity contribution is -0.137. The quantitative estimate of drug-likeness (QED) is 0.745. The monoisotopic (exact) mass is 314 g/mol. The maximum Gasteiger partial charge on any atom is 0.304 e. The molecule has 0 fully saturated rings. The predicted octanol–water partition coefficient (Wildman–Crippen LogP) is 3.64. The number of alkyl halides is 3. The normalized spacial score (nSPS) is 14.4. The highest BCUT2D eigenvalue weighted by Gasteiger charge is 2.22. The highest BCUT2D eigenvalue weighted by Crippen LogP contribution is 2.23. The molecule has 0 aliphatic carbocycles. The van der Waals surface area contributed by atoms with E-state index >= 15 is 0 Å². The Morgan fingerprint density at radius 3 is 2.45 bits per heavy atom. The first-order valence-corrected chi connectivity index (χ1v) is 6.72. The second-order valence-corrected chi connectivity index (χ2v) is 4.58. The third-order valence-electron chi connectivity index (χ3n) is 2.90. The summed E-state index contributed by atoms with van der Waals surface area (Å²) in [6.07, 6.45) is -5.00. The van der Waals surface area contributed by atoms with E-state index in [-0.39, 0.29) is 12.2 Å². The molecular weight excluding hydrogens is 297 g/mol. The highest BCUT2D eigenvalue weighted by atomic mass is 19.2. The zero-order chi connectivity index (χ0) is 16.5. The molecule has 3 atom stereocenters. The minimum absolute atomic E-state index is 0.0799. The van der Waals surface area contributed by atoms with Gasteiger partial charge in [0.05, 0.1) is 19.0 Å². The van der Waals surface area contributed by atoms with Gasteiger partial charge >= 0.3 is 5.97 Å². The molecule has 1 rings (SSSR count). The number of rotatable bonds is 8. The molecule has 1 N–H and O–H groups in total. The minimum Gasteiger partial charge on any atom is -0.481 e. The van der Waals surface area contributed by atoms with Crippen molar-refractivity contribution < 1.29 is 27.8 Å². The molecule has 0 saturated heterocycles. The van der Waals surface area contributed by atoms with E-state index in [9.17, 15) is 18.0 Å². The Kier molecular flexibility index (Phi) is 7.30. The van der Waals surface area contributed by atoms with E-state index in [0.717, 1.165) is 0 Å². The zero-order valence-electron chi connectivity index (χ0n) is 12.1. The fraction of sp³-hybridized carbons (Fsp3) is 0.438. The van der Waals surface area contributed by atoms with Crippen molar-refractivity contribution >= 4 is 5.97 Å². The van der Waals surface area contributed by atoms with Crippen LogP contribution in [-0.4, -0.2) is 30.3 Å². The molecule has 6 heteroatoms. The van der Waals surface area contributed by atoms with Crippen molar-refractivity contribution in [1.29, 1.82) is 0 Å². The second kappa shape index (κ2) is 8.98. The van der Waals surface area contributed by atoms with Gasteiger partial charge in [0.25, 0.3) is 6.36 Å². The number of carboxylic acids is 1. The molecule has 2 unspecified atom stereocenters. The Hall–Kier alpha value is -2.16. The predicted molar refractivity (Wildman–Crippen MR) is 75.9 cm³/mol. The van der Waals surface area contributed by atoms with E-state index < -0.39 is 37.5 Å². The summed E-state index contributed by atoms with van der Waals surface area (Å²) in [6.45, 7) is 0.642. The molecule has 0 aliphatic heterocycles. The number of carbonyl (C=O) groups is 1. The van der Waals surface area contributed by atoms with Gasteiger partial charge in [-0.3, -0.25) is 9.18 Å². The first-order valence-electron chi connectivity index (χ1n) is 6.72. The molecule has 120 valence electrons. The summed E-state index contributed by atoms with van der Waals surface area (Å²) in [5, 5.41) is 8.84. The van der Waals surface area contributed by atoms with Crippen LogP contribution in [0.4, 0.5) is 13.2 Å². The lowest BCUT2D eigenvalue weighted by Crippen LogP contribution is -2.24. The van der Waals surface area contributed by atoms with Crippen molar-refractivity contribution in [2.45, 2.75) is 38.2 Å². The molecule has 0 aliphatic rings. The summed E-state index contributed by atoms with van der Waals surface area (Å²) in [5.41, 5.74) is 0.639. The molecule has 3 nitrogen and oxygen atoms in total. The van der Waals surface area contributed by atoms with E-state index in [1.54, 1.807) is 19.1 Å². The van der Waals surface area contributed by atoms with Crippen molar-refractivity contribution in [3.05, 3.63) is 29.8 Å². The SMILES string of the molecule is CC#C[C@@H](CC(=O)O)c1ccc(OC(F)C(F)CCF)cc1.